The summed E-state index contributed by atoms with van der Waals surface area (Å²) in [5, 5.41) is 7.95. The summed E-state index contributed by atoms with van der Waals surface area (Å²) in [7, 11) is 0. The number of rotatable bonds is 5. The molecule has 2 aliphatic heterocycles. The van der Waals surface area contributed by atoms with Gasteiger partial charge in [0.2, 0.25) is 5.88 Å². The number of aromatic nitrogens is 3. The van der Waals surface area contributed by atoms with Gasteiger partial charge < -0.3 is 24.4 Å². The highest BCUT2D eigenvalue weighted by molar-refractivity contribution is 7.19. The summed E-state index contributed by atoms with van der Waals surface area (Å²) in [6, 6.07) is 12.7. The number of halogens is 1. The highest BCUT2D eigenvalue weighted by atomic mass is 35.5. The smallest absolute Gasteiger partial charge is 0.410 e. The maximum absolute atomic E-state index is 12.4. The number of carbonyl (C=O) groups is 1. The third-order valence-corrected chi connectivity index (χ3v) is 7.63. The second-order valence-electron chi connectivity index (χ2n) is 9.16. The monoisotopic (exact) mass is 576 g/mol. The van der Waals surface area contributed by atoms with Gasteiger partial charge in [-0.25, -0.2) is 19.7 Å². The lowest BCUT2D eigenvalue weighted by molar-refractivity contribution is 0.0156. The third kappa shape index (κ3) is 6.26. The molecule has 2 saturated heterocycles. The Morgan fingerprint density at radius 3 is 2.90 bits per heavy atom. The van der Waals surface area contributed by atoms with E-state index in [2.05, 4.69) is 37.4 Å². The molecule has 0 aliphatic carbocycles. The summed E-state index contributed by atoms with van der Waals surface area (Å²) in [4.78, 5) is 28.7. The number of fused-ring (bicyclic) bond motifs is 1. The van der Waals surface area contributed by atoms with Gasteiger partial charge in [-0.15, -0.1) is 11.3 Å². The van der Waals surface area contributed by atoms with E-state index in [0.29, 0.717) is 61.7 Å². The Morgan fingerprint density at radius 2 is 2.08 bits per heavy atom. The Labute approximate surface area is 239 Å². The fourth-order valence-corrected chi connectivity index (χ4v) is 5.44. The molecule has 1 amide bonds. The fraction of sp³-hybridized carbons (Fsp3) is 0.286. The predicted octanol–water partition coefficient (Wildman–Crippen LogP) is 4.83. The van der Waals surface area contributed by atoms with Gasteiger partial charge in [-0.1, -0.05) is 29.5 Å². The molecule has 2 atom stereocenters. The van der Waals surface area contributed by atoms with Crippen molar-refractivity contribution in [1.82, 2.24) is 25.2 Å². The van der Waals surface area contributed by atoms with Gasteiger partial charge in [0, 0.05) is 44.0 Å². The maximum atomic E-state index is 12.4. The van der Waals surface area contributed by atoms with E-state index < -0.39 is 0 Å². The molecule has 1 aromatic carbocycles. The van der Waals surface area contributed by atoms with Crippen LogP contribution >= 0.6 is 22.9 Å². The molecule has 12 heteroatoms. The number of nitrogens with one attached hydrogen (secondary N) is 2. The minimum atomic E-state index is -0.288. The van der Waals surface area contributed by atoms with Crippen LogP contribution < -0.4 is 15.4 Å². The van der Waals surface area contributed by atoms with E-state index in [-0.39, 0.29) is 18.2 Å². The van der Waals surface area contributed by atoms with Crippen molar-refractivity contribution in [3.63, 3.8) is 0 Å². The highest BCUT2D eigenvalue weighted by Gasteiger charge is 2.28. The second kappa shape index (κ2) is 12.1. The number of ether oxygens (including phenoxy) is 3. The van der Waals surface area contributed by atoms with Crippen molar-refractivity contribution in [2.75, 3.05) is 38.2 Å². The summed E-state index contributed by atoms with van der Waals surface area (Å²) in [6.45, 7) is 2.80. The van der Waals surface area contributed by atoms with Crippen LogP contribution in [0.25, 0.3) is 10.2 Å². The van der Waals surface area contributed by atoms with Crippen LogP contribution in [-0.2, 0) is 9.47 Å². The molecular weight excluding hydrogens is 552 g/mol. The van der Waals surface area contributed by atoms with E-state index in [1.165, 1.54) is 17.7 Å². The van der Waals surface area contributed by atoms with E-state index >= 15 is 0 Å². The Balaban J connectivity index is 1.10. The highest BCUT2D eigenvalue weighted by Crippen LogP contribution is 2.34. The number of carbonyl (C=O) groups excluding carboxylic acids is 1. The molecule has 0 spiro atoms. The van der Waals surface area contributed by atoms with E-state index in [4.69, 9.17) is 25.8 Å². The Kier molecular flexibility index (Phi) is 7.92. The summed E-state index contributed by atoms with van der Waals surface area (Å²) in [5.74, 6) is 8.13. The lowest BCUT2D eigenvalue weighted by atomic mass is 10.2. The minimum Gasteiger partial charge on any atom is -0.445 e. The minimum absolute atomic E-state index is 0.0645. The fourth-order valence-electron chi connectivity index (χ4n) is 4.36. The van der Waals surface area contributed by atoms with Crippen LogP contribution in [-0.4, -0.2) is 70.9 Å². The first-order chi connectivity index (χ1) is 19.6. The van der Waals surface area contributed by atoms with E-state index in [0.717, 1.165) is 20.8 Å². The van der Waals surface area contributed by atoms with Gasteiger partial charge in [-0.3, -0.25) is 5.32 Å². The molecular formula is C28H25ClN6O4S. The van der Waals surface area contributed by atoms with Crippen LogP contribution in [0.1, 0.15) is 11.3 Å². The SMILES string of the molecule is O=C(O[C@H]1CN[C@H](C#Cc2cc3c(Nc4ccc(Oc5ccccn5)c(Cl)c4)ncnc3s2)C1)N1CCOCC1. The van der Waals surface area contributed by atoms with Crippen molar-refractivity contribution in [2.45, 2.75) is 18.6 Å². The van der Waals surface area contributed by atoms with Gasteiger partial charge in [0.1, 0.15) is 28.8 Å². The summed E-state index contributed by atoms with van der Waals surface area (Å²) >= 11 is 7.96. The second-order valence-corrected chi connectivity index (χ2v) is 10.6. The van der Waals surface area contributed by atoms with Crippen LogP contribution in [0, 0.1) is 11.8 Å². The number of anilines is 2. The number of nitrogens with zero attached hydrogens (tertiary/aromatic N) is 4. The Hall–Kier alpha value is -3.95. The first-order valence-corrected chi connectivity index (χ1v) is 14.0. The molecule has 2 fully saturated rings. The summed E-state index contributed by atoms with van der Waals surface area (Å²) < 4.78 is 16.7. The zero-order valence-electron chi connectivity index (χ0n) is 21.3. The molecule has 40 heavy (non-hydrogen) atoms. The number of hydrogen-bond acceptors (Lipinski definition) is 10. The third-order valence-electron chi connectivity index (χ3n) is 6.37. The van der Waals surface area contributed by atoms with Crippen LogP contribution in [0.15, 0.2) is 55.0 Å². The molecule has 204 valence electrons. The molecule has 4 aromatic rings. The average molecular weight is 577 g/mol. The van der Waals surface area contributed by atoms with Crippen LogP contribution in [0.2, 0.25) is 5.02 Å². The lowest BCUT2D eigenvalue weighted by Gasteiger charge is -2.27. The van der Waals surface area contributed by atoms with Gasteiger partial charge in [-0.05, 0) is 30.3 Å². The lowest BCUT2D eigenvalue weighted by Crippen LogP contribution is -2.42. The van der Waals surface area contributed by atoms with Crippen molar-refractivity contribution in [3.8, 4) is 23.5 Å². The molecule has 2 N–H and O–H groups in total. The first kappa shape index (κ1) is 26.3. The van der Waals surface area contributed by atoms with Crippen LogP contribution in [0.4, 0.5) is 16.3 Å². The zero-order valence-corrected chi connectivity index (χ0v) is 22.9. The molecule has 10 nitrogen and oxygen atoms in total. The predicted molar refractivity (Wildman–Crippen MR) is 152 cm³/mol. The number of hydrogen-bond donors (Lipinski definition) is 2. The molecule has 3 aromatic heterocycles. The van der Waals surface area contributed by atoms with E-state index in [1.807, 2.05) is 24.3 Å². The Morgan fingerprint density at radius 1 is 1.18 bits per heavy atom. The van der Waals surface area contributed by atoms with Crippen molar-refractivity contribution in [1.29, 1.82) is 0 Å². The van der Waals surface area contributed by atoms with Crippen molar-refractivity contribution < 1.29 is 19.0 Å². The number of amides is 1. The molecule has 0 radical (unpaired) electrons. The number of pyridine rings is 1. The van der Waals surface area contributed by atoms with Crippen LogP contribution in [0.5, 0.6) is 11.6 Å². The molecule has 0 unspecified atom stereocenters. The van der Waals surface area contributed by atoms with Crippen molar-refractivity contribution in [3.05, 3.63) is 64.9 Å². The molecule has 0 bridgehead atoms. The molecule has 0 saturated carbocycles. The van der Waals surface area contributed by atoms with Crippen LogP contribution in [0.3, 0.4) is 0 Å². The quantitative estimate of drug-likeness (QED) is 0.323. The number of thiophene rings is 1. The zero-order chi connectivity index (χ0) is 27.3. The van der Waals surface area contributed by atoms with Gasteiger partial charge in [0.05, 0.1) is 34.5 Å². The topological polar surface area (TPSA) is 111 Å². The normalized spacial score (nSPS) is 18.7. The summed E-state index contributed by atoms with van der Waals surface area (Å²) in [6.07, 6.45) is 3.32. The van der Waals surface area contributed by atoms with E-state index in [9.17, 15) is 4.79 Å². The number of morpholine rings is 1. The van der Waals surface area contributed by atoms with Crippen molar-refractivity contribution in [2.24, 2.45) is 0 Å². The van der Waals surface area contributed by atoms with Gasteiger partial charge in [-0.2, -0.15) is 0 Å². The maximum Gasteiger partial charge on any atom is 0.410 e. The first-order valence-electron chi connectivity index (χ1n) is 12.8. The number of benzene rings is 1. The standard InChI is InChI=1S/C28H25ClN6O4S/c29-23-14-19(5-7-24(23)39-25-3-1-2-8-30-25)34-26-22-15-21(40-27(22)33-17-32-26)6-4-18-13-20(16-31-18)38-28(36)35-9-11-37-12-10-35/h1-3,5,7-8,14-15,17-18,20,31H,9-13,16H2,(H,32,33,34)/t18-,20-/m1/s1. The van der Waals surface area contributed by atoms with Gasteiger partial charge in [0.15, 0.2) is 0 Å². The average Bonchev–Trinajstić information content (AvgIpc) is 3.61. The molecule has 6 rings (SSSR count). The van der Waals surface area contributed by atoms with Crippen molar-refractivity contribution >= 4 is 50.8 Å². The largest absolute Gasteiger partial charge is 0.445 e. The van der Waals surface area contributed by atoms with E-state index in [1.54, 1.807) is 29.3 Å². The molecule has 5 heterocycles. The molecule has 2 aliphatic rings. The van der Waals surface area contributed by atoms with Gasteiger partial charge in [0.25, 0.3) is 0 Å². The Bertz CT molecular complexity index is 1570. The summed E-state index contributed by atoms with van der Waals surface area (Å²) in [5.41, 5.74) is 0.755. The van der Waals surface area contributed by atoms with Gasteiger partial charge >= 0.3 is 6.09 Å².